The maximum Gasteiger partial charge on any atom is 0.229 e. The average molecular weight is 341 g/mol. The molecule has 1 aromatic heterocycles. The Bertz CT molecular complexity index is 649. The first kappa shape index (κ1) is 13.9. The van der Waals surface area contributed by atoms with E-state index in [1.165, 1.54) is 12.1 Å². The van der Waals surface area contributed by atoms with Gasteiger partial charge in [0.1, 0.15) is 4.99 Å². The quantitative estimate of drug-likeness (QED) is 0.865. The monoisotopic (exact) mass is 340 g/mol. The van der Waals surface area contributed by atoms with Crippen molar-refractivity contribution < 1.29 is 9.13 Å². The fourth-order valence-corrected chi connectivity index (χ4v) is 1.95. The van der Waals surface area contributed by atoms with Crippen LogP contribution < -0.4 is 10.5 Å². The highest BCUT2D eigenvalue weighted by molar-refractivity contribution is 9.10. The van der Waals surface area contributed by atoms with Gasteiger partial charge in [0.25, 0.3) is 0 Å². The van der Waals surface area contributed by atoms with Gasteiger partial charge in [0.2, 0.25) is 5.88 Å². The SMILES string of the molecule is Cc1ccc(C(N)=S)c(Oc2ccc(Br)cc2F)n1. The molecule has 0 aliphatic carbocycles. The third-order valence-corrected chi connectivity index (χ3v) is 3.08. The number of ether oxygens (including phenoxy) is 1. The molecular formula is C13H10BrFN2OS. The lowest BCUT2D eigenvalue weighted by atomic mass is 10.2. The van der Waals surface area contributed by atoms with Gasteiger partial charge in [0.05, 0.1) is 5.56 Å². The summed E-state index contributed by atoms with van der Waals surface area (Å²) in [6, 6.07) is 7.96. The molecule has 2 N–H and O–H groups in total. The van der Waals surface area contributed by atoms with Crippen molar-refractivity contribution in [2.45, 2.75) is 6.92 Å². The predicted molar refractivity (Wildman–Crippen MR) is 79.0 cm³/mol. The number of hydrogen-bond donors (Lipinski definition) is 1. The molecule has 0 fully saturated rings. The Labute approximate surface area is 123 Å². The molecule has 0 radical (unpaired) electrons. The summed E-state index contributed by atoms with van der Waals surface area (Å²) >= 11 is 8.10. The van der Waals surface area contributed by atoms with Crippen molar-refractivity contribution in [3.63, 3.8) is 0 Å². The fraction of sp³-hybridized carbons (Fsp3) is 0.0769. The molecule has 0 saturated carbocycles. The van der Waals surface area contributed by atoms with Crippen LogP contribution in [0.15, 0.2) is 34.8 Å². The second-order valence-electron chi connectivity index (χ2n) is 3.85. The average Bonchev–Trinajstić information content (AvgIpc) is 2.32. The number of pyridine rings is 1. The highest BCUT2D eigenvalue weighted by Gasteiger charge is 2.12. The molecule has 1 aromatic carbocycles. The highest BCUT2D eigenvalue weighted by atomic mass is 79.9. The Morgan fingerprint density at radius 2 is 2.11 bits per heavy atom. The van der Waals surface area contributed by atoms with Crippen LogP contribution in [-0.2, 0) is 0 Å². The normalized spacial score (nSPS) is 10.3. The molecule has 0 spiro atoms. The Hall–Kier alpha value is -1.53. The Morgan fingerprint density at radius 1 is 1.37 bits per heavy atom. The molecule has 98 valence electrons. The van der Waals surface area contributed by atoms with Crippen molar-refractivity contribution in [1.29, 1.82) is 0 Å². The predicted octanol–water partition coefficient (Wildman–Crippen LogP) is 3.72. The maximum absolute atomic E-state index is 13.7. The zero-order valence-electron chi connectivity index (χ0n) is 9.98. The molecular weight excluding hydrogens is 331 g/mol. The summed E-state index contributed by atoms with van der Waals surface area (Å²) in [6.45, 7) is 1.80. The molecule has 0 bridgehead atoms. The highest BCUT2D eigenvalue weighted by Crippen LogP contribution is 2.28. The largest absolute Gasteiger partial charge is 0.435 e. The third kappa shape index (κ3) is 3.27. The Balaban J connectivity index is 2.42. The van der Waals surface area contributed by atoms with Gasteiger partial charge in [-0.2, -0.15) is 0 Å². The van der Waals surface area contributed by atoms with Crippen LogP contribution >= 0.6 is 28.1 Å². The van der Waals surface area contributed by atoms with E-state index >= 15 is 0 Å². The lowest BCUT2D eigenvalue weighted by molar-refractivity contribution is 0.425. The number of nitrogens with two attached hydrogens (primary N) is 1. The number of aromatic nitrogens is 1. The van der Waals surface area contributed by atoms with Crippen LogP contribution in [-0.4, -0.2) is 9.97 Å². The Kier molecular flexibility index (Phi) is 4.11. The van der Waals surface area contributed by atoms with E-state index in [4.69, 9.17) is 22.7 Å². The summed E-state index contributed by atoms with van der Waals surface area (Å²) in [7, 11) is 0. The number of nitrogens with zero attached hydrogens (tertiary/aromatic N) is 1. The molecule has 0 aliphatic heterocycles. The van der Waals surface area contributed by atoms with Crippen molar-refractivity contribution >= 4 is 33.1 Å². The molecule has 6 heteroatoms. The summed E-state index contributed by atoms with van der Waals surface area (Å²) in [5.74, 6) is -0.223. The van der Waals surface area contributed by atoms with E-state index in [2.05, 4.69) is 20.9 Å². The molecule has 0 saturated heterocycles. The summed E-state index contributed by atoms with van der Waals surface area (Å²) in [5.41, 5.74) is 6.79. The van der Waals surface area contributed by atoms with Crippen molar-refractivity contribution in [3.05, 3.63) is 51.9 Å². The van der Waals surface area contributed by atoms with Gasteiger partial charge in [-0.3, -0.25) is 0 Å². The zero-order valence-corrected chi connectivity index (χ0v) is 12.4. The molecule has 0 amide bonds. The summed E-state index contributed by atoms with van der Waals surface area (Å²) in [5, 5.41) is 0. The van der Waals surface area contributed by atoms with Gasteiger partial charge in [0, 0.05) is 10.2 Å². The minimum atomic E-state index is -0.494. The van der Waals surface area contributed by atoms with Gasteiger partial charge >= 0.3 is 0 Å². The van der Waals surface area contributed by atoms with Crippen LogP contribution in [0.4, 0.5) is 4.39 Å². The van der Waals surface area contributed by atoms with E-state index in [0.29, 0.717) is 10.0 Å². The second kappa shape index (κ2) is 5.63. The van der Waals surface area contributed by atoms with Gasteiger partial charge in [-0.25, -0.2) is 9.37 Å². The van der Waals surface area contributed by atoms with Crippen molar-refractivity contribution in [2.75, 3.05) is 0 Å². The smallest absolute Gasteiger partial charge is 0.229 e. The summed E-state index contributed by atoms with van der Waals surface area (Å²) < 4.78 is 19.8. The van der Waals surface area contributed by atoms with Crippen LogP contribution in [0.1, 0.15) is 11.3 Å². The van der Waals surface area contributed by atoms with E-state index in [1.54, 1.807) is 25.1 Å². The van der Waals surface area contributed by atoms with Crippen LogP contribution in [0.25, 0.3) is 0 Å². The molecule has 3 nitrogen and oxygen atoms in total. The van der Waals surface area contributed by atoms with Gasteiger partial charge in [-0.1, -0.05) is 28.1 Å². The molecule has 2 rings (SSSR count). The van der Waals surface area contributed by atoms with Gasteiger partial charge in [-0.15, -0.1) is 0 Å². The molecule has 0 aliphatic rings. The van der Waals surface area contributed by atoms with Crippen molar-refractivity contribution in [1.82, 2.24) is 4.98 Å². The number of aryl methyl sites for hydroxylation is 1. The number of hydrogen-bond acceptors (Lipinski definition) is 3. The first-order chi connectivity index (χ1) is 8.97. The van der Waals surface area contributed by atoms with Gasteiger partial charge < -0.3 is 10.5 Å². The van der Waals surface area contributed by atoms with Crippen molar-refractivity contribution in [3.8, 4) is 11.6 Å². The topological polar surface area (TPSA) is 48.1 Å². The fourth-order valence-electron chi connectivity index (χ4n) is 1.46. The molecule has 19 heavy (non-hydrogen) atoms. The van der Waals surface area contributed by atoms with E-state index in [-0.39, 0.29) is 16.6 Å². The number of thiocarbonyl (C=S) groups is 1. The first-order valence-corrected chi connectivity index (χ1v) is 6.58. The number of benzene rings is 1. The lowest BCUT2D eigenvalue weighted by Crippen LogP contribution is -2.12. The Morgan fingerprint density at radius 3 is 2.74 bits per heavy atom. The van der Waals surface area contributed by atoms with E-state index in [9.17, 15) is 4.39 Å². The standard InChI is InChI=1S/C13H10BrFN2OS/c1-7-2-4-9(12(16)19)13(17-7)18-11-5-3-8(14)6-10(11)15/h2-6H,1H3,(H2,16,19). The minimum absolute atomic E-state index is 0.0683. The maximum atomic E-state index is 13.7. The van der Waals surface area contributed by atoms with E-state index in [0.717, 1.165) is 5.69 Å². The van der Waals surface area contributed by atoms with Crippen LogP contribution in [0.2, 0.25) is 0 Å². The first-order valence-electron chi connectivity index (χ1n) is 5.37. The number of rotatable bonds is 3. The second-order valence-corrected chi connectivity index (χ2v) is 5.20. The van der Waals surface area contributed by atoms with Crippen LogP contribution in [0.3, 0.4) is 0 Å². The third-order valence-electron chi connectivity index (χ3n) is 2.37. The van der Waals surface area contributed by atoms with Crippen LogP contribution in [0, 0.1) is 12.7 Å². The zero-order chi connectivity index (χ0) is 14.0. The molecule has 0 atom stereocenters. The van der Waals surface area contributed by atoms with Crippen molar-refractivity contribution in [2.24, 2.45) is 5.73 Å². The van der Waals surface area contributed by atoms with E-state index in [1.807, 2.05) is 0 Å². The minimum Gasteiger partial charge on any atom is -0.435 e. The molecule has 1 heterocycles. The lowest BCUT2D eigenvalue weighted by Gasteiger charge is -2.10. The molecule has 0 unspecified atom stereocenters. The summed E-state index contributed by atoms with van der Waals surface area (Å²) in [4.78, 5) is 4.34. The molecule has 2 aromatic rings. The van der Waals surface area contributed by atoms with E-state index < -0.39 is 5.82 Å². The van der Waals surface area contributed by atoms with Crippen LogP contribution in [0.5, 0.6) is 11.6 Å². The summed E-state index contributed by atoms with van der Waals surface area (Å²) in [6.07, 6.45) is 0. The van der Waals surface area contributed by atoms with Gasteiger partial charge in [-0.05, 0) is 37.3 Å². The van der Waals surface area contributed by atoms with Gasteiger partial charge in [0.15, 0.2) is 11.6 Å². The number of halogens is 2.